The number of rotatable bonds is 6. The number of hydrogen-bond donors (Lipinski definition) is 1. The monoisotopic (exact) mass is 492 g/mol. The highest BCUT2D eigenvalue weighted by Gasteiger charge is 2.31. The van der Waals surface area contributed by atoms with Crippen LogP contribution in [-0.2, 0) is 9.59 Å². The molecule has 1 atom stereocenters. The Bertz CT molecular complexity index is 1280. The van der Waals surface area contributed by atoms with Crippen molar-refractivity contribution in [3.8, 4) is 23.0 Å². The second-order valence-electron chi connectivity index (χ2n) is 7.99. The van der Waals surface area contributed by atoms with E-state index in [1.165, 1.54) is 7.11 Å². The summed E-state index contributed by atoms with van der Waals surface area (Å²) in [6, 6.07) is 18.5. The van der Waals surface area contributed by atoms with Crippen LogP contribution in [0, 0.1) is 0 Å². The van der Waals surface area contributed by atoms with Gasteiger partial charge in [-0.3, -0.25) is 9.59 Å². The second-order valence-corrected chi connectivity index (χ2v) is 9.23. The Morgan fingerprint density at radius 2 is 1.89 bits per heavy atom. The first-order valence-electron chi connectivity index (χ1n) is 11.0. The Morgan fingerprint density at radius 1 is 1.06 bits per heavy atom. The zero-order valence-corrected chi connectivity index (χ0v) is 20.1. The topological polar surface area (TPSA) is 86.3 Å². The lowest BCUT2D eigenvalue weighted by Crippen LogP contribution is -2.38. The van der Waals surface area contributed by atoms with Crippen molar-refractivity contribution >= 4 is 35.0 Å². The first-order chi connectivity index (χ1) is 17.1. The molecule has 180 valence electrons. The number of fused-ring (bicyclic) bond motifs is 2. The van der Waals surface area contributed by atoms with Gasteiger partial charge in [-0.1, -0.05) is 18.2 Å². The molecule has 0 radical (unpaired) electrons. The van der Waals surface area contributed by atoms with Crippen molar-refractivity contribution in [3.05, 3.63) is 66.2 Å². The normalized spacial score (nSPS) is 16.3. The maximum Gasteiger partial charge on any atom is 0.244 e. The highest BCUT2D eigenvalue weighted by molar-refractivity contribution is 7.99. The van der Waals surface area contributed by atoms with Crippen LogP contribution in [0.1, 0.15) is 17.2 Å². The number of thioether (sulfide) groups is 1. The lowest BCUT2D eigenvalue weighted by molar-refractivity contribution is -0.121. The Labute approximate surface area is 207 Å². The third-order valence-electron chi connectivity index (χ3n) is 5.84. The highest BCUT2D eigenvalue weighted by Crippen LogP contribution is 2.47. The average molecular weight is 493 g/mol. The molecule has 2 heterocycles. The number of benzene rings is 3. The number of nitrogens with one attached hydrogen (secondary N) is 1. The molecule has 0 spiro atoms. The SMILES string of the molecule is COc1ccc(NC(=O)CN2C(=O)CC(c3ccc4c(c3)OCO4)Sc3ccccc32)c(OC)c1. The maximum atomic E-state index is 13.4. The van der Waals surface area contributed by atoms with Crippen LogP contribution in [-0.4, -0.2) is 39.4 Å². The van der Waals surface area contributed by atoms with Crippen molar-refractivity contribution in [1.29, 1.82) is 0 Å². The molecule has 3 aromatic rings. The van der Waals surface area contributed by atoms with E-state index >= 15 is 0 Å². The van der Waals surface area contributed by atoms with E-state index in [2.05, 4.69) is 5.32 Å². The summed E-state index contributed by atoms with van der Waals surface area (Å²) < 4.78 is 21.5. The van der Waals surface area contributed by atoms with E-state index in [4.69, 9.17) is 18.9 Å². The van der Waals surface area contributed by atoms with Gasteiger partial charge in [0.05, 0.1) is 25.6 Å². The molecule has 0 aliphatic carbocycles. The van der Waals surface area contributed by atoms with E-state index in [0.29, 0.717) is 34.4 Å². The minimum absolute atomic E-state index is 0.126. The van der Waals surface area contributed by atoms with Gasteiger partial charge in [0.15, 0.2) is 11.5 Å². The van der Waals surface area contributed by atoms with Crippen LogP contribution in [0.4, 0.5) is 11.4 Å². The lowest BCUT2D eigenvalue weighted by atomic mass is 10.1. The average Bonchev–Trinajstić information content (AvgIpc) is 3.30. The summed E-state index contributed by atoms with van der Waals surface area (Å²) in [5.74, 6) is 2.00. The summed E-state index contributed by atoms with van der Waals surface area (Å²) in [6.07, 6.45) is 0.234. The third-order valence-corrected chi connectivity index (χ3v) is 7.16. The Morgan fingerprint density at radius 3 is 2.71 bits per heavy atom. The Hall–Kier alpha value is -3.85. The molecule has 0 fully saturated rings. The lowest BCUT2D eigenvalue weighted by Gasteiger charge is -2.22. The van der Waals surface area contributed by atoms with Gasteiger partial charge < -0.3 is 29.2 Å². The molecular weight excluding hydrogens is 468 g/mol. The van der Waals surface area contributed by atoms with Crippen LogP contribution in [0.15, 0.2) is 65.6 Å². The van der Waals surface area contributed by atoms with Crippen molar-refractivity contribution in [2.75, 3.05) is 37.8 Å². The van der Waals surface area contributed by atoms with Gasteiger partial charge in [-0.25, -0.2) is 0 Å². The summed E-state index contributed by atoms with van der Waals surface area (Å²) in [7, 11) is 3.08. The fourth-order valence-corrected chi connectivity index (χ4v) is 5.36. The molecule has 2 aliphatic rings. The van der Waals surface area contributed by atoms with Crippen LogP contribution in [0.5, 0.6) is 23.0 Å². The van der Waals surface area contributed by atoms with Crippen LogP contribution in [0.2, 0.25) is 0 Å². The quantitative estimate of drug-likeness (QED) is 0.536. The van der Waals surface area contributed by atoms with Gasteiger partial charge in [0, 0.05) is 22.6 Å². The van der Waals surface area contributed by atoms with E-state index in [0.717, 1.165) is 10.5 Å². The van der Waals surface area contributed by atoms with Gasteiger partial charge >= 0.3 is 0 Å². The molecule has 2 aliphatic heterocycles. The van der Waals surface area contributed by atoms with Crippen LogP contribution >= 0.6 is 11.8 Å². The highest BCUT2D eigenvalue weighted by atomic mass is 32.2. The largest absolute Gasteiger partial charge is 0.497 e. The fourth-order valence-electron chi connectivity index (χ4n) is 4.09. The standard InChI is InChI=1S/C26H24N2O6S/c1-31-17-8-9-18(21(12-17)32-2)27-25(29)14-28-19-5-3-4-6-23(19)35-24(13-26(28)30)16-7-10-20-22(11-16)34-15-33-20/h3-12,24H,13-15H2,1-2H3,(H,27,29). The van der Waals surface area contributed by atoms with Crippen molar-refractivity contribution in [1.82, 2.24) is 0 Å². The third kappa shape index (κ3) is 4.72. The molecule has 9 heteroatoms. The predicted octanol–water partition coefficient (Wildman–Crippen LogP) is 4.64. The van der Waals surface area contributed by atoms with Crippen molar-refractivity contribution in [2.45, 2.75) is 16.6 Å². The Balaban J connectivity index is 1.38. The van der Waals surface area contributed by atoms with Gasteiger partial charge in [0.1, 0.15) is 18.0 Å². The minimum Gasteiger partial charge on any atom is -0.497 e. The number of carbonyl (C=O) groups excluding carboxylic acids is 2. The molecule has 8 nitrogen and oxygen atoms in total. The van der Waals surface area contributed by atoms with Gasteiger partial charge in [-0.15, -0.1) is 11.8 Å². The van der Waals surface area contributed by atoms with E-state index in [1.54, 1.807) is 42.0 Å². The Kier molecular flexibility index (Phi) is 6.41. The van der Waals surface area contributed by atoms with Crippen molar-refractivity contribution in [2.24, 2.45) is 0 Å². The van der Waals surface area contributed by atoms with Gasteiger partial charge in [-0.05, 0) is 42.0 Å². The summed E-state index contributed by atoms with van der Waals surface area (Å²) in [4.78, 5) is 28.9. The second kappa shape index (κ2) is 9.79. The van der Waals surface area contributed by atoms with Crippen LogP contribution in [0.3, 0.4) is 0 Å². The molecule has 2 amide bonds. The summed E-state index contributed by atoms with van der Waals surface area (Å²) in [6.45, 7) is 0.0691. The number of nitrogens with zero attached hydrogens (tertiary/aromatic N) is 1. The first-order valence-corrected chi connectivity index (χ1v) is 11.9. The molecule has 0 saturated heterocycles. The molecule has 3 aromatic carbocycles. The number of para-hydroxylation sites is 1. The number of carbonyl (C=O) groups is 2. The zero-order valence-electron chi connectivity index (χ0n) is 19.3. The first kappa shape index (κ1) is 22.9. The fraction of sp³-hybridized carbons (Fsp3) is 0.231. The van der Waals surface area contributed by atoms with E-state index in [9.17, 15) is 9.59 Å². The molecule has 0 bridgehead atoms. The van der Waals surface area contributed by atoms with E-state index < -0.39 is 0 Å². The van der Waals surface area contributed by atoms with Crippen LogP contribution < -0.4 is 29.2 Å². The van der Waals surface area contributed by atoms with Gasteiger partial charge in [-0.2, -0.15) is 0 Å². The summed E-state index contributed by atoms with van der Waals surface area (Å²) >= 11 is 1.60. The molecular formula is C26H24N2O6S. The number of amides is 2. The van der Waals surface area contributed by atoms with Crippen molar-refractivity contribution in [3.63, 3.8) is 0 Å². The number of methoxy groups -OCH3 is 2. The maximum absolute atomic E-state index is 13.4. The summed E-state index contributed by atoms with van der Waals surface area (Å²) in [5.41, 5.74) is 2.18. The van der Waals surface area contributed by atoms with Gasteiger partial charge in [0.2, 0.25) is 18.6 Å². The molecule has 5 rings (SSSR count). The van der Waals surface area contributed by atoms with E-state index in [1.807, 2.05) is 42.5 Å². The predicted molar refractivity (Wildman–Crippen MR) is 133 cm³/mol. The van der Waals surface area contributed by atoms with Crippen LogP contribution in [0.25, 0.3) is 0 Å². The molecule has 0 saturated carbocycles. The molecule has 0 aromatic heterocycles. The van der Waals surface area contributed by atoms with Crippen molar-refractivity contribution < 1.29 is 28.5 Å². The summed E-state index contributed by atoms with van der Waals surface area (Å²) in [5, 5.41) is 2.72. The molecule has 1 unspecified atom stereocenters. The molecule has 1 N–H and O–H groups in total. The number of ether oxygens (including phenoxy) is 4. The van der Waals surface area contributed by atoms with Gasteiger partial charge in [0.25, 0.3) is 0 Å². The minimum atomic E-state index is -0.330. The van der Waals surface area contributed by atoms with E-state index in [-0.39, 0.29) is 36.8 Å². The zero-order chi connectivity index (χ0) is 24.4. The smallest absolute Gasteiger partial charge is 0.244 e. The molecule has 35 heavy (non-hydrogen) atoms. The number of hydrogen-bond acceptors (Lipinski definition) is 7. The number of anilines is 2.